The maximum Gasteiger partial charge on any atom is 0.263 e. The van der Waals surface area contributed by atoms with E-state index in [4.69, 9.17) is 9.47 Å². The van der Waals surface area contributed by atoms with E-state index < -0.39 is 5.91 Å². The number of ether oxygens (including phenoxy) is 2. The maximum atomic E-state index is 11.7. The first-order valence-corrected chi connectivity index (χ1v) is 5.90. The van der Waals surface area contributed by atoms with Gasteiger partial charge in [0, 0.05) is 6.20 Å². The first-order chi connectivity index (χ1) is 9.70. The molecule has 0 saturated heterocycles. The molecule has 6 heteroatoms. The van der Waals surface area contributed by atoms with Gasteiger partial charge in [0.25, 0.3) is 5.91 Å². The van der Waals surface area contributed by atoms with E-state index >= 15 is 0 Å². The molecule has 0 spiro atoms. The normalized spacial score (nSPS) is 9.85. The number of hydrogen-bond donors (Lipinski definition) is 2. The molecule has 0 aliphatic carbocycles. The minimum absolute atomic E-state index is 0.0983. The van der Waals surface area contributed by atoms with Crippen molar-refractivity contribution in [1.29, 1.82) is 0 Å². The first-order valence-electron chi connectivity index (χ1n) is 5.90. The van der Waals surface area contributed by atoms with Crippen molar-refractivity contribution in [3.05, 3.63) is 42.6 Å². The van der Waals surface area contributed by atoms with Crippen LogP contribution in [0.25, 0.3) is 0 Å². The first kappa shape index (κ1) is 13.7. The number of pyridine rings is 1. The van der Waals surface area contributed by atoms with Gasteiger partial charge in [-0.25, -0.2) is 4.98 Å². The lowest BCUT2D eigenvalue weighted by molar-refractivity contribution is -0.118. The second-order valence-electron chi connectivity index (χ2n) is 3.86. The van der Waals surface area contributed by atoms with Gasteiger partial charge in [0.1, 0.15) is 0 Å². The summed E-state index contributed by atoms with van der Waals surface area (Å²) < 4.78 is 10.5. The summed E-state index contributed by atoms with van der Waals surface area (Å²) in [5, 5.41) is 11.9. The number of aromatic hydroxyl groups is 1. The second kappa shape index (κ2) is 6.42. The number of para-hydroxylation sites is 2. The summed E-state index contributed by atoms with van der Waals surface area (Å²) in [6.45, 7) is -0.212. The highest BCUT2D eigenvalue weighted by Gasteiger charge is 2.09. The third kappa shape index (κ3) is 3.38. The lowest BCUT2D eigenvalue weighted by Crippen LogP contribution is -2.20. The molecule has 2 rings (SSSR count). The van der Waals surface area contributed by atoms with E-state index in [0.29, 0.717) is 11.5 Å². The van der Waals surface area contributed by atoms with Crippen molar-refractivity contribution in [3.63, 3.8) is 0 Å². The number of carbonyl (C=O) groups excluding carboxylic acids is 1. The number of carbonyl (C=O) groups is 1. The standard InChI is InChI=1S/C14H14N2O4/c1-19-11-6-2-3-7-12(11)20-9-13(18)16-14-10(17)5-4-8-15-14/h2-8,17H,9H2,1H3,(H,15,16,18). The average molecular weight is 274 g/mol. The van der Waals surface area contributed by atoms with Gasteiger partial charge in [0.15, 0.2) is 29.7 Å². The van der Waals surface area contributed by atoms with Gasteiger partial charge in [-0.2, -0.15) is 0 Å². The van der Waals surface area contributed by atoms with Crippen molar-refractivity contribution >= 4 is 11.7 Å². The molecule has 2 N–H and O–H groups in total. The Morgan fingerprint density at radius 2 is 2.00 bits per heavy atom. The molecule has 0 fully saturated rings. The third-order valence-electron chi connectivity index (χ3n) is 2.47. The van der Waals surface area contributed by atoms with Gasteiger partial charge in [-0.1, -0.05) is 12.1 Å². The number of hydrogen-bond acceptors (Lipinski definition) is 5. The topological polar surface area (TPSA) is 80.7 Å². The predicted molar refractivity (Wildman–Crippen MR) is 73.0 cm³/mol. The third-order valence-corrected chi connectivity index (χ3v) is 2.47. The minimum atomic E-state index is -0.426. The van der Waals surface area contributed by atoms with Crippen LogP contribution in [-0.4, -0.2) is 29.7 Å². The molecule has 0 saturated carbocycles. The summed E-state index contributed by atoms with van der Waals surface area (Å²) in [4.78, 5) is 15.6. The minimum Gasteiger partial charge on any atom is -0.504 e. The molecule has 1 amide bonds. The molecule has 2 aromatic rings. The maximum absolute atomic E-state index is 11.7. The molecule has 0 atom stereocenters. The zero-order chi connectivity index (χ0) is 14.4. The van der Waals surface area contributed by atoms with Crippen LogP contribution in [-0.2, 0) is 4.79 Å². The van der Waals surface area contributed by atoms with Gasteiger partial charge in [-0.3, -0.25) is 4.79 Å². The Balaban J connectivity index is 1.94. The zero-order valence-corrected chi connectivity index (χ0v) is 10.9. The molecule has 0 aliphatic rings. The molecule has 6 nitrogen and oxygen atoms in total. The average Bonchev–Trinajstić information content (AvgIpc) is 2.48. The van der Waals surface area contributed by atoms with Gasteiger partial charge >= 0.3 is 0 Å². The Kier molecular flexibility index (Phi) is 4.39. The molecule has 0 radical (unpaired) electrons. The Bertz CT molecular complexity index is 601. The molecule has 104 valence electrons. The van der Waals surface area contributed by atoms with Crippen molar-refractivity contribution < 1.29 is 19.4 Å². The Labute approximate surface area is 116 Å². The number of benzene rings is 1. The van der Waals surface area contributed by atoms with E-state index in [2.05, 4.69) is 10.3 Å². The number of amides is 1. The van der Waals surface area contributed by atoms with Gasteiger partial charge in [0.05, 0.1) is 7.11 Å². The van der Waals surface area contributed by atoms with Crippen molar-refractivity contribution in [2.24, 2.45) is 0 Å². The fourth-order valence-electron chi connectivity index (χ4n) is 1.54. The van der Waals surface area contributed by atoms with Crippen molar-refractivity contribution in [3.8, 4) is 17.2 Å². The van der Waals surface area contributed by atoms with E-state index in [1.54, 1.807) is 30.3 Å². The van der Waals surface area contributed by atoms with Gasteiger partial charge in [-0.15, -0.1) is 0 Å². The van der Waals surface area contributed by atoms with E-state index in [1.807, 2.05) is 0 Å². The van der Waals surface area contributed by atoms with Crippen LogP contribution in [0.15, 0.2) is 42.6 Å². The number of aromatic nitrogens is 1. The molecule has 1 aromatic carbocycles. The molecule has 0 bridgehead atoms. The van der Waals surface area contributed by atoms with Crippen LogP contribution in [0.5, 0.6) is 17.2 Å². The SMILES string of the molecule is COc1ccccc1OCC(=O)Nc1ncccc1O. The van der Waals surface area contributed by atoms with E-state index in [9.17, 15) is 9.90 Å². The highest BCUT2D eigenvalue weighted by molar-refractivity contribution is 5.92. The van der Waals surface area contributed by atoms with Gasteiger partial charge < -0.3 is 19.9 Å². The summed E-state index contributed by atoms with van der Waals surface area (Å²) >= 11 is 0. The summed E-state index contributed by atoms with van der Waals surface area (Å²) in [5.41, 5.74) is 0. The Morgan fingerprint density at radius 1 is 1.25 bits per heavy atom. The highest BCUT2D eigenvalue weighted by atomic mass is 16.5. The summed E-state index contributed by atoms with van der Waals surface area (Å²) in [7, 11) is 1.52. The van der Waals surface area contributed by atoms with Crippen molar-refractivity contribution in [1.82, 2.24) is 4.98 Å². The van der Waals surface area contributed by atoms with Gasteiger partial charge in [0.2, 0.25) is 0 Å². The summed E-state index contributed by atoms with van der Waals surface area (Å²) in [5.74, 6) is 0.584. The molecule has 1 heterocycles. The van der Waals surface area contributed by atoms with E-state index in [1.165, 1.54) is 19.4 Å². The molecule has 0 unspecified atom stereocenters. The monoisotopic (exact) mass is 274 g/mol. The van der Waals surface area contributed by atoms with Crippen LogP contribution in [0.3, 0.4) is 0 Å². The van der Waals surface area contributed by atoms with Gasteiger partial charge in [-0.05, 0) is 24.3 Å². The Hall–Kier alpha value is -2.76. The largest absolute Gasteiger partial charge is 0.504 e. The van der Waals surface area contributed by atoms with Crippen molar-refractivity contribution in [2.75, 3.05) is 19.0 Å². The molecular formula is C14H14N2O4. The predicted octanol–water partition coefficient (Wildman–Crippen LogP) is 1.81. The summed E-state index contributed by atoms with van der Waals surface area (Å²) in [6.07, 6.45) is 1.47. The fourth-order valence-corrected chi connectivity index (χ4v) is 1.54. The number of nitrogens with zero attached hydrogens (tertiary/aromatic N) is 1. The van der Waals surface area contributed by atoms with Crippen molar-refractivity contribution in [2.45, 2.75) is 0 Å². The number of anilines is 1. The molecule has 0 aliphatic heterocycles. The van der Waals surface area contributed by atoms with Crippen LogP contribution in [0.4, 0.5) is 5.82 Å². The number of methoxy groups -OCH3 is 1. The highest BCUT2D eigenvalue weighted by Crippen LogP contribution is 2.25. The molecular weight excluding hydrogens is 260 g/mol. The lowest BCUT2D eigenvalue weighted by atomic mass is 10.3. The second-order valence-corrected chi connectivity index (χ2v) is 3.86. The van der Waals surface area contributed by atoms with E-state index in [0.717, 1.165) is 0 Å². The fraction of sp³-hybridized carbons (Fsp3) is 0.143. The zero-order valence-electron chi connectivity index (χ0n) is 10.9. The number of nitrogens with one attached hydrogen (secondary N) is 1. The Morgan fingerprint density at radius 3 is 2.70 bits per heavy atom. The molecule has 1 aromatic heterocycles. The molecule has 20 heavy (non-hydrogen) atoms. The van der Waals surface area contributed by atoms with Crippen LogP contribution in [0.1, 0.15) is 0 Å². The summed E-state index contributed by atoms with van der Waals surface area (Å²) in [6, 6.07) is 10.0. The van der Waals surface area contributed by atoms with Crippen LogP contribution < -0.4 is 14.8 Å². The number of rotatable bonds is 5. The van der Waals surface area contributed by atoms with Crippen LogP contribution >= 0.6 is 0 Å². The lowest BCUT2D eigenvalue weighted by Gasteiger charge is -2.10. The van der Waals surface area contributed by atoms with E-state index in [-0.39, 0.29) is 18.2 Å². The van der Waals surface area contributed by atoms with Crippen LogP contribution in [0, 0.1) is 0 Å². The quantitative estimate of drug-likeness (QED) is 0.869. The van der Waals surface area contributed by atoms with Crippen LogP contribution in [0.2, 0.25) is 0 Å². The smallest absolute Gasteiger partial charge is 0.263 e.